The Morgan fingerprint density at radius 2 is 1.83 bits per heavy atom. The van der Waals surface area contributed by atoms with Crippen molar-refractivity contribution in [3.8, 4) is 5.75 Å². The molecule has 1 N–H and O–H groups in total. The van der Waals surface area contributed by atoms with Crippen LogP contribution in [0.4, 0.5) is 5.69 Å². The molecule has 0 heterocycles. The second-order valence-electron chi connectivity index (χ2n) is 4.79. The summed E-state index contributed by atoms with van der Waals surface area (Å²) < 4.78 is 5.02. The van der Waals surface area contributed by atoms with Crippen molar-refractivity contribution in [2.24, 2.45) is 5.10 Å². The quantitative estimate of drug-likeness (QED) is 0.509. The van der Waals surface area contributed by atoms with Crippen molar-refractivity contribution in [2.45, 2.75) is 6.92 Å². The highest BCUT2D eigenvalue weighted by Crippen LogP contribution is 2.25. The molecule has 0 spiro atoms. The van der Waals surface area contributed by atoms with E-state index in [1.54, 1.807) is 37.3 Å². The molecule has 0 saturated heterocycles. The van der Waals surface area contributed by atoms with Crippen LogP contribution in [0.1, 0.15) is 22.8 Å². The van der Waals surface area contributed by atoms with Crippen LogP contribution in [0.5, 0.6) is 5.75 Å². The molecule has 0 atom stereocenters. The second kappa shape index (κ2) is 7.56. The van der Waals surface area contributed by atoms with Crippen LogP contribution in [0.15, 0.2) is 47.6 Å². The lowest BCUT2D eigenvalue weighted by Crippen LogP contribution is -2.19. The Balaban J connectivity index is 2.14. The summed E-state index contributed by atoms with van der Waals surface area (Å²) in [6.45, 7) is 1.63. The smallest absolute Gasteiger partial charge is 0.288 e. The molecule has 0 radical (unpaired) electrons. The molecule has 8 heteroatoms. The number of hydrogen-bond donors (Lipinski definition) is 1. The van der Waals surface area contributed by atoms with E-state index in [2.05, 4.69) is 10.5 Å². The topological polar surface area (TPSA) is 93.8 Å². The molecule has 0 aliphatic heterocycles. The summed E-state index contributed by atoms with van der Waals surface area (Å²) >= 11 is 5.77. The van der Waals surface area contributed by atoms with Gasteiger partial charge in [-0.05, 0) is 37.3 Å². The summed E-state index contributed by atoms with van der Waals surface area (Å²) in [5.41, 5.74) is 3.50. The van der Waals surface area contributed by atoms with Crippen LogP contribution in [0.2, 0.25) is 5.02 Å². The van der Waals surface area contributed by atoms with E-state index in [1.165, 1.54) is 19.2 Å². The number of benzene rings is 2. The average molecular weight is 348 g/mol. The zero-order valence-corrected chi connectivity index (χ0v) is 13.7. The summed E-state index contributed by atoms with van der Waals surface area (Å²) in [6.07, 6.45) is 0. The van der Waals surface area contributed by atoms with E-state index in [0.29, 0.717) is 22.6 Å². The largest absolute Gasteiger partial charge is 0.497 e. The Morgan fingerprint density at radius 1 is 1.21 bits per heavy atom. The van der Waals surface area contributed by atoms with Crippen LogP contribution >= 0.6 is 11.6 Å². The Morgan fingerprint density at radius 3 is 2.42 bits per heavy atom. The van der Waals surface area contributed by atoms with Gasteiger partial charge in [0.05, 0.1) is 17.7 Å². The highest BCUT2D eigenvalue weighted by Gasteiger charge is 2.14. The van der Waals surface area contributed by atoms with Gasteiger partial charge >= 0.3 is 0 Å². The molecule has 0 unspecified atom stereocenters. The first-order valence-electron chi connectivity index (χ1n) is 6.85. The molecular weight excluding hydrogens is 334 g/mol. The van der Waals surface area contributed by atoms with Gasteiger partial charge in [0.25, 0.3) is 11.6 Å². The minimum atomic E-state index is -0.574. The number of hydrazone groups is 1. The molecule has 7 nitrogen and oxygen atoms in total. The first kappa shape index (κ1) is 17.4. The second-order valence-corrected chi connectivity index (χ2v) is 5.20. The van der Waals surface area contributed by atoms with Crippen molar-refractivity contribution in [3.05, 3.63) is 68.7 Å². The maximum Gasteiger partial charge on any atom is 0.288 e. The Kier molecular flexibility index (Phi) is 5.49. The van der Waals surface area contributed by atoms with Gasteiger partial charge in [0, 0.05) is 17.2 Å². The molecule has 0 aliphatic rings. The highest BCUT2D eigenvalue weighted by atomic mass is 35.5. The standard InChI is InChI=1S/C16H14ClN3O4/c1-10(12-5-8-14(17)15(9-12)20(22)23)18-19-16(21)11-3-6-13(24-2)7-4-11/h3-9H,1-2H3,(H,19,21)/b18-10-. The van der Waals surface area contributed by atoms with Crippen LogP contribution < -0.4 is 10.2 Å². The van der Waals surface area contributed by atoms with Gasteiger partial charge in [-0.25, -0.2) is 5.43 Å². The molecule has 0 aromatic heterocycles. The van der Waals surface area contributed by atoms with Gasteiger partial charge in [-0.1, -0.05) is 17.7 Å². The zero-order valence-electron chi connectivity index (χ0n) is 12.9. The number of hydrogen-bond acceptors (Lipinski definition) is 5. The fourth-order valence-corrected chi connectivity index (χ4v) is 2.07. The highest BCUT2D eigenvalue weighted by molar-refractivity contribution is 6.32. The molecule has 0 fully saturated rings. The number of rotatable bonds is 5. The normalized spacial score (nSPS) is 11.0. The summed E-state index contributed by atoms with van der Waals surface area (Å²) in [4.78, 5) is 22.3. The number of nitro benzene ring substituents is 1. The van der Waals surface area contributed by atoms with Gasteiger partial charge < -0.3 is 4.74 Å². The molecule has 2 aromatic carbocycles. The van der Waals surface area contributed by atoms with Crippen molar-refractivity contribution >= 4 is 28.9 Å². The van der Waals surface area contributed by atoms with Crippen LogP contribution in [0, 0.1) is 10.1 Å². The fraction of sp³-hybridized carbons (Fsp3) is 0.125. The average Bonchev–Trinajstić information content (AvgIpc) is 2.59. The number of carbonyl (C=O) groups excluding carboxylic acids is 1. The van der Waals surface area contributed by atoms with Crippen LogP contribution in [0.25, 0.3) is 0 Å². The maximum atomic E-state index is 12.0. The number of nitrogens with one attached hydrogen (secondary N) is 1. The van der Waals surface area contributed by atoms with Gasteiger partial charge in [-0.15, -0.1) is 0 Å². The zero-order chi connectivity index (χ0) is 17.7. The maximum absolute atomic E-state index is 12.0. The molecule has 124 valence electrons. The van der Waals surface area contributed by atoms with E-state index in [0.717, 1.165) is 0 Å². The Hall–Kier alpha value is -2.93. The van der Waals surface area contributed by atoms with Gasteiger partial charge in [-0.2, -0.15) is 5.10 Å². The first-order valence-corrected chi connectivity index (χ1v) is 7.23. The first-order chi connectivity index (χ1) is 11.4. The van der Waals surface area contributed by atoms with Crippen molar-refractivity contribution in [1.82, 2.24) is 5.43 Å². The van der Waals surface area contributed by atoms with E-state index < -0.39 is 10.8 Å². The van der Waals surface area contributed by atoms with Crippen LogP contribution in [-0.2, 0) is 0 Å². The van der Waals surface area contributed by atoms with Gasteiger partial charge in [0.2, 0.25) is 0 Å². The molecular formula is C16H14ClN3O4. The minimum absolute atomic E-state index is 0.0406. The Bertz CT molecular complexity index is 803. The molecule has 0 aliphatic carbocycles. The number of halogens is 1. The summed E-state index contributed by atoms with van der Waals surface area (Å²) in [5, 5.41) is 14.9. The summed E-state index contributed by atoms with van der Waals surface area (Å²) in [7, 11) is 1.54. The fourth-order valence-electron chi connectivity index (χ4n) is 1.88. The molecule has 1 amide bonds. The van der Waals surface area contributed by atoms with E-state index in [1.807, 2.05) is 0 Å². The lowest BCUT2D eigenvalue weighted by molar-refractivity contribution is -0.384. The SMILES string of the molecule is COc1ccc(C(=O)N/N=C(/C)c2ccc(Cl)c([N+](=O)[O-])c2)cc1. The van der Waals surface area contributed by atoms with E-state index in [-0.39, 0.29) is 10.7 Å². The number of ether oxygens (including phenoxy) is 1. The predicted octanol–water partition coefficient (Wildman–Crippen LogP) is 3.41. The van der Waals surface area contributed by atoms with E-state index in [9.17, 15) is 14.9 Å². The molecule has 0 bridgehead atoms. The van der Waals surface area contributed by atoms with Crippen LogP contribution in [-0.4, -0.2) is 23.7 Å². The van der Waals surface area contributed by atoms with Crippen molar-refractivity contribution in [3.63, 3.8) is 0 Å². The molecule has 2 aromatic rings. The molecule has 2 rings (SSSR count). The third-order valence-corrected chi connectivity index (χ3v) is 3.56. The Labute approximate surface area is 143 Å². The molecule has 0 saturated carbocycles. The van der Waals surface area contributed by atoms with Gasteiger partial charge in [0.15, 0.2) is 0 Å². The number of amides is 1. The van der Waals surface area contributed by atoms with E-state index in [4.69, 9.17) is 16.3 Å². The van der Waals surface area contributed by atoms with Crippen molar-refractivity contribution < 1.29 is 14.5 Å². The minimum Gasteiger partial charge on any atom is -0.497 e. The van der Waals surface area contributed by atoms with Gasteiger partial charge in [-0.3, -0.25) is 14.9 Å². The summed E-state index contributed by atoms with van der Waals surface area (Å²) in [5.74, 6) is 0.236. The molecule has 24 heavy (non-hydrogen) atoms. The lowest BCUT2D eigenvalue weighted by Gasteiger charge is -2.05. The van der Waals surface area contributed by atoms with Crippen molar-refractivity contribution in [2.75, 3.05) is 7.11 Å². The van der Waals surface area contributed by atoms with E-state index >= 15 is 0 Å². The number of methoxy groups -OCH3 is 1. The lowest BCUT2D eigenvalue weighted by atomic mass is 10.1. The monoisotopic (exact) mass is 347 g/mol. The number of nitrogens with zero attached hydrogens (tertiary/aromatic N) is 2. The van der Waals surface area contributed by atoms with Crippen LogP contribution in [0.3, 0.4) is 0 Å². The predicted molar refractivity (Wildman–Crippen MR) is 90.8 cm³/mol. The third-order valence-electron chi connectivity index (χ3n) is 3.24. The van der Waals surface area contributed by atoms with Crippen molar-refractivity contribution in [1.29, 1.82) is 0 Å². The van der Waals surface area contributed by atoms with Gasteiger partial charge in [0.1, 0.15) is 10.8 Å². The third kappa shape index (κ3) is 4.08. The number of nitro groups is 1. The number of carbonyl (C=O) groups is 1. The summed E-state index contributed by atoms with van der Waals surface area (Å²) in [6, 6.07) is 10.8.